The molecular weight excluding hydrogens is 320 g/mol. The molecule has 22 heavy (non-hydrogen) atoms. The van der Waals surface area contributed by atoms with Crippen molar-refractivity contribution in [3.63, 3.8) is 0 Å². The topological polar surface area (TPSA) is 76.1 Å². The number of hydrogen-bond donors (Lipinski definition) is 2. The van der Waals surface area contributed by atoms with Crippen molar-refractivity contribution in [1.29, 1.82) is 0 Å². The van der Waals surface area contributed by atoms with Crippen LogP contribution in [-0.4, -0.2) is 42.1 Å². The second-order valence-corrected chi connectivity index (χ2v) is 6.64. The third kappa shape index (κ3) is 5.28. The number of aryl methyl sites for hydroxylation is 1. The van der Waals surface area contributed by atoms with Crippen LogP contribution in [0.1, 0.15) is 5.56 Å². The number of rotatable bonds is 8. The van der Waals surface area contributed by atoms with Gasteiger partial charge in [-0.1, -0.05) is 41.3 Å². The maximum Gasteiger partial charge on any atom is 0.230 e. The molecule has 6 nitrogen and oxygen atoms in total. The lowest BCUT2D eigenvalue weighted by atomic mass is 10.2. The van der Waals surface area contributed by atoms with Crippen LogP contribution in [0.5, 0.6) is 0 Å². The molecule has 0 radical (unpaired) electrons. The summed E-state index contributed by atoms with van der Waals surface area (Å²) in [6, 6.07) is 7.98. The number of thioether (sulfide) groups is 1. The third-order valence-corrected chi connectivity index (χ3v) is 4.72. The zero-order valence-corrected chi connectivity index (χ0v) is 14.1. The number of methoxy groups -OCH3 is 1. The second-order valence-electron chi connectivity index (χ2n) is 4.44. The number of anilines is 2. The van der Waals surface area contributed by atoms with Gasteiger partial charge in [-0.15, -0.1) is 10.2 Å². The van der Waals surface area contributed by atoms with Crippen molar-refractivity contribution < 1.29 is 9.53 Å². The van der Waals surface area contributed by atoms with E-state index in [2.05, 4.69) is 20.8 Å². The summed E-state index contributed by atoms with van der Waals surface area (Å²) in [5.41, 5.74) is 2.15. The molecular formula is C14H18N4O2S2. The van der Waals surface area contributed by atoms with Crippen LogP contribution >= 0.6 is 23.1 Å². The molecule has 1 aromatic heterocycles. The van der Waals surface area contributed by atoms with Crippen LogP contribution in [0, 0.1) is 6.92 Å². The van der Waals surface area contributed by atoms with Gasteiger partial charge in [-0.05, 0) is 18.6 Å². The van der Waals surface area contributed by atoms with Crippen molar-refractivity contribution in [1.82, 2.24) is 15.5 Å². The first-order valence-corrected chi connectivity index (χ1v) is 8.54. The fourth-order valence-corrected chi connectivity index (χ4v) is 3.21. The van der Waals surface area contributed by atoms with E-state index < -0.39 is 0 Å². The Bertz CT molecular complexity index is 618. The zero-order valence-electron chi connectivity index (χ0n) is 12.5. The standard InChI is InChI=1S/C14H18N4O2S2/c1-10-5-3-4-6-11(10)16-13-17-18-14(22-13)21-9-12(19)15-7-8-20-2/h3-6H,7-9H2,1-2H3,(H,15,19)(H,16,17). The lowest BCUT2D eigenvalue weighted by Gasteiger charge is -2.04. The molecule has 0 unspecified atom stereocenters. The summed E-state index contributed by atoms with van der Waals surface area (Å²) in [5.74, 6) is 0.286. The van der Waals surface area contributed by atoms with Gasteiger partial charge in [-0.25, -0.2) is 0 Å². The number of carbonyl (C=O) groups excluding carboxylic acids is 1. The first-order valence-electron chi connectivity index (χ1n) is 6.73. The fraction of sp³-hybridized carbons (Fsp3) is 0.357. The summed E-state index contributed by atoms with van der Waals surface area (Å²) in [4.78, 5) is 11.6. The molecule has 2 N–H and O–H groups in total. The maximum atomic E-state index is 11.6. The van der Waals surface area contributed by atoms with Gasteiger partial charge in [0.15, 0.2) is 4.34 Å². The van der Waals surface area contributed by atoms with Crippen LogP contribution < -0.4 is 10.6 Å². The number of amides is 1. The minimum absolute atomic E-state index is 0.0364. The normalized spacial score (nSPS) is 10.5. The van der Waals surface area contributed by atoms with Gasteiger partial charge in [0, 0.05) is 19.3 Å². The van der Waals surface area contributed by atoms with Gasteiger partial charge in [0.2, 0.25) is 11.0 Å². The molecule has 0 saturated heterocycles. The largest absolute Gasteiger partial charge is 0.383 e. The van der Waals surface area contributed by atoms with Gasteiger partial charge >= 0.3 is 0 Å². The molecule has 0 bridgehead atoms. The fourth-order valence-electron chi connectivity index (χ4n) is 1.62. The van der Waals surface area contributed by atoms with Crippen LogP contribution in [0.2, 0.25) is 0 Å². The molecule has 0 spiro atoms. The van der Waals surface area contributed by atoms with Crippen molar-refractivity contribution >= 4 is 39.8 Å². The maximum absolute atomic E-state index is 11.6. The Morgan fingerprint density at radius 2 is 2.18 bits per heavy atom. The predicted octanol–water partition coefficient (Wildman–Crippen LogP) is 2.44. The van der Waals surface area contributed by atoms with Crippen molar-refractivity contribution in [2.24, 2.45) is 0 Å². The molecule has 118 valence electrons. The third-order valence-electron chi connectivity index (χ3n) is 2.75. The Kier molecular flexibility index (Phi) is 6.63. The Balaban J connectivity index is 1.82. The quantitative estimate of drug-likeness (QED) is 0.569. The number of hydrogen-bond acceptors (Lipinski definition) is 7. The Hall–Kier alpha value is -1.64. The molecule has 0 aliphatic heterocycles. The van der Waals surface area contributed by atoms with E-state index in [1.165, 1.54) is 23.1 Å². The van der Waals surface area contributed by atoms with Crippen LogP contribution in [0.25, 0.3) is 0 Å². The van der Waals surface area contributed by atoms with Gasteiger partial charge in [0.25, 0.3) is 0 Å². The Morgan fingerprint density at radius 1 is 1.36 bits per heavy atom. The van der Waals surface area contributed by atoms with Gasteiger partial charge in [-0.3, -0.25) is 4.79 Å². The van der Waals surface area contributed by atoms with E-state index in [9.17, 15) is 4.79 Å². The monoisotopic (exact) mass is 338 g/mol. The Labute approximate surface area is 137 Å². The van der Waals surface area contributed by atoms with Crippen LogP contribution in [0.4, 0.5) is 10.8 Å². The summed E-state index contributed by atoms with van der Waals surface area (Å²) in [7, 11) is 1.60. The summed E-state index contributed by atoms with van der Waals surface area (Å²) < 4.78 is 5.64. The first kappa shape index (κ1) is 16.7. The van der Waals surface area contributed by atoms with E-state index in [0.717, 1.165) is 20.7 Å². The molecule has 2 aromatic rings. The van der Waals surface area contributed by atoms with Crippen molar-refractivity contribution in [3.05, 3.63) is 29.8 Å². The average molecular weight is 338 g/mol. The van der Waals surface area contributed by atoms with E-state index in [1.807, 2.05) is 31.2 Å². The van der Waals surface area contributed by atoms with Gasteiger partial charge < -0.3 is 15.4 Å². The molecule has 0 aliphatic rings. The molecule has 1 aromatic carbocycles. The van der Waals surface area contributed by atoms with Gasteiger partial charge in [0.05, 0.1) is 12.4 Å². The number of benzene rings is 1. The van der Waals surface area contributed by atoms with E-state index in [4.69, 9.17) is 4.74 Å². The zero-order chi connectivity index (χ0) is 15.8. The number of nitrogens with zero attached hydrogens (tertiary/aromatic N) is 2. The summed E-state index contributed by atoms with van der Waals surface area (Å²) >= 11 is 2.81. The SMILES string of the molecule is COCCNC(=O)CSc1nnc(Nc2ccccc2C)s1. The molecule has 0 fully saturated rings. The molecule has 2 rings (SSSR count). The highest BCUT2D eigenvalue weighted by Crippen LogP contribution is 2.28. The minimum atomic E-state index is -0.0364. The van der Waals surface area contributed by atoms with E-state index in [1.54, 1.807) is 7.11 Å². The molecule has 0 saturated carbocycles. The highest BCUT2D eigenvalue weighted by Gasteiger charge is 2.08. The number of aromatic nitrogens is 2. The van der Waals surface area contributed by atoms with E-state index in [-0.39, 0.29) is 5.91 Å². The van der Waals surface area contributed by atoms with E-state index >= 15 is 0 Å². The van der Waals surface area contributed by atoms with Crippen molar-refractivity contribution in [3.8, 4) is 0 Å². The lowest BCUT2D eigenvalue weighted by Crippen LogP contribution is -2.28. The molecule has 1 amide bonds. The number of para-hydroxylation sites is 1. The summed E-state index contributed by atoms with van der Waals surface area (Å²) in [6.07, 6.45) is 0. The molecule has 0 aliphatic carbocycles. The molecule has 8 heteroatoms. The molecule has 1 heterocycles. The lowest BCUT2D eigenvalue weighted by molar-refractivity contribution is -0.118. The van der Waals surface area contributed by atoms with Crippen molar-refractivity contribution in [2.75, 3.05) is 31.3 Å². The minimum Gasteiger partial charge on any atom is -0.383 e. The molecule has 0 atom stereocenters. The Morgan fingerprint density at radius 3 is 2.95 bits per heavy atom. The predicted molar refractivity (Wildman–Crippen MR) is 90.0 cm³/mol. The highest BCUT2D eigenvalue weighted by molar-refractivity contribution is 8.01. The van der Waals surface area contributed by atoms with Gasteiger partial charge in [-0.2, -0.15) is 0 Å². The average Bonchev–Trinajstić information content (AvgIpc) is 2.95. The highest BCUT2D eigenvalue weighted by atomic mass is 32.2. The smallest absolute Gasteiger partial charge is 0.230 e. The van der Waals surface area contributed by atoms with E-state index in [0.29, 0.717) is 18.9 Å². The second kappa shape index (κ2) is 8.72. The summed E-state index contributed by atoms with van der Waals surface area (Å²) in [5, 5.41) is 14.9. The van der Waals surface area contributed by atoms with Crippen LogP contribution in [0.15, 0.2) is 28.6 Å². The van der Waals surface area contributed by atoms with Crippen molar-refractivity contribution in [2.45, 2.75) is 11.3 Å². The van der Waals surface area contributed by atoms with Crippen LogP contribution in [-0.2, 0) is 9.53 Å². The number of ether oxygens (including phenoxy) is 1. The number of carbonyl (C=O) groups is 1. The summed E-state index contributed by atoms with van der Waals surface area (Å²) in [6.45, 7) is 3.06. The van der Waals surface area contributed by atoms with Gasteiger partial charge in [0.1, 0.15) is 0 Å². The van der Waals surface area contributed by atoms with Crippen LogP contribution in [0.3, 0.4) is 0 Å². The number of nitrogens with one attached hydrogen (secondary N) is 2. The first-order chi connectivity index (χ1) is 10.7.